The van der Waals surface area contributed by atoms with Crippen LogP contribution in [0.4, 0.5) is 5.69 Å². The van der Waals surface area contributed by atoms with Gasteiger partial charge >= 0.3 is 0 Å². The summed E-state index contributed by atoms with van der Waals surface area (Å²) in [5, 5.41) is 21.3. The second-order valence-electron chi connectivity index (χ2n) is 7.50. The summed E-state index contributed by atoms with van der Waals surface area (Å²) in [6.45, 7) is 0. The Balaban J connectivity index is 1.52. The van der Waals surface area contributed by atoms with E-state index in [-0.39, 0.29) is 17.2 Å². The van der Waals surface area contributed by atoms with Gasteiger partial charge in [0.1, 0.15) is 5.75 Å². The highest BCUT2D eigenvalue weighted by Crippen LogP contribution is 2.24. The first-order valence-electron chi connectivity index (χ1n) is 10.5. The Morgan fingerprint density at radius 2 is 1.89 bits per heavy atom. The number of nitriles is 1. The van der Waals surface area contributed by atoms with Crippen molar-refractivity contribution in [2.24, 2.45) is 0 Å². The van der Waals surface area contributed by atoms with Crippen molar-refractivity contribution in [1.29, 1.82) is 5.26 Å². The SMILES string of the molecule is COc1cccc(-n2c(=O)c3ccccc3n3c(SCC(=O)Nc4ccc(C#N)cc4)nnc23)c1. The Labute approximate surface area is 203 Å². The zero-order valence-electron chi connectivity index (χ0n) is 18.5. The van der Waals surface area contributed by atoms with E-state index in [1.54, 1.807) is 72.2 Å². The summed E-state index contributed by atoms with van der Waals surface area (Å²) in [4.78, 5) is 26.0. The maximum Gasteiger partial charge on any atom is 0.267 e. The van der Waals surface area contributed by atoms with Gasteiger partial charge in [0.2, 0.25) is 11.7 Å². The normalized spacial score (nSPS) is 10.9. The van der Waals surface area contributed by atoms with Crippen molar-refractivity contribution >= 4 is 40.0 Å². The van der Waals surface area contributed by atoms with Crippen LogP contribution in [0.25, 0.3) is 22.4 Å². The van der Waals surface area contributed by atoms with Gasteiger partial charge in [-0.15, -0.1) is 10.2 Å². The lowest BCUT2D eigenvalue weighted by Crippen LogP contribution is -2.22. The highest BCUT2D eigenvalue weighted by molar-refractivity contribution is 7.99. The van der Waals surface area contributed by atoms with Gasteiger partial charge in [-0.3, -0.25) is 14.0 Å². The second kappa shape index (κ2) is 9.32. The number of thioether (sulfide) groups is 1. The van der Waals surface area contributed by atoms with Gasteiger partial charge in [0.05, 0.1) is 41.1 Å². The van der Waals surface area contributed by atoms with E-state index in [9.17, 15) is 9.59 Å². The number of nitrogens with zero attached hydrogens (tertiary/aromatic N) is 5. The average Bonchev–Trinajstić information content (AvgIpc) is 3.32. The van der Waals surface area contributed by atoms with Gasteiger partial charge in [-0.2, -0.15) is 5.26 Å². The van der Waals surface area contributed by atoms with E-state index >= 15 is 0 Å². The summed E-state index contributed by atoms with van der Waals surface area (Å²) >= 11 is 1.21. The Bertz CT molecular complexity index is 1670. The van der Waals surface area contributed by atoms with Crippen LogP contribution in [0, 0.1) is 11.3 Å². The van der Waals surface area contributed by atoms with Gasteiger partial charge in [-0.05, 0) is 48.5 Å². The number of hydrogen-bond acceptors (Lipinski definition) is 7. The Kier molecular flexibility index (Phi) is 5.91. The molecule has 0 saturated heterocycles. The highest BCUT2D eigenvalue weighted by Gasteiger charge is 2.19. The fraction of sp³-hybridized carbons (Fsp3) is 0.0800. The predicted molar refractivity (Wildman–Crippen MR) is 133 cm³/mol. The Morgan fingerprint density at radius 1 is 1.09 bits per heavy atom. The maximum atomic E-state index is 13.4. The Morgan fingerprint density at radius 3 is 2.66 bits per heavy atom. The molecule has 5 aromatic rings. The molecule has 2 aromatic heterocycles. The molecular formula is C25H18N6O3S. The molecule has 172 valence electrons. The molecule has 0 bridgehead atoms. The number of para-hydroxylation sites is 1. The van der Waals surface area contributed by atoms with Crippen LogP contribution in [0.15, 0.2) is 82.7 Å². The molecule has 3 aromatic carbocycles. The molecule has 10 heteroatoms. The third kappa shape index (κ3) is 4.20. The molecule has 0 radical (unpaired) electrons. The standard InChI is InChI=1S/C25H18N6O3S/c1-34-19-6-4-5-18(13-19)30-23(33)20-7-2-3-8-21(20)31-24(30)28-29-25(31)35-15-22(32)27-17-11-9-16(14-26)10-12-17/h2-13H,15H2,1H3,(H,27,32). The summed E-state index contributed by atoms with van der Waals surface area (Å²) in [7, 11) is 1.56. The molecule has 1 N–H and O–H groups in total. The van der Waals surface area contributed by atoms with Crippen molar-refractivity contribution < 1.29 is 9.53 Å². The molecule has 0 spiro atoms. The number of carbonyl (C=O) groups excluding carboxylic acids is 1. The number of hydrogen-bond donors (Lipinski definition) is 1. The molecule has 9 nitrogen and oxygen atoms in total. The number of aromatic nitrogens is 4. The summed E-state index contributed by atoms with van der Waals surface area (Å²) < 4.78 is 8.58. The summed E-state index contributed by atoms with van der Waals surface area (Å²) in [5.41, 5.74) is 2.11. The molecule has 2 heterocycles. The maximum absolute atomic E-state index is 13.4. The Hall–Kier alpha value is -4.62. The lowest BCUT2D eigenvalue weighted by Gasteiger charge is -2.12. The molecule has 0 saturated carbocycles. The molecular weight excluding hydrogens is 464 g/mol. The first kappa shape index (κ1) is 22.2. The van der Waals surface area contributed by atoms with E-state index in [1.807, 2.05) is 18.2 Å². The van der Waals surface area contributed by atoms with Crippen LogP contribution < -0.4 is 15.6 Å². The van der Waals surface area contributed by atoms with E-state index in [2.05, 4.69) is 15.5 Å². The molecule has 5 rings (SSSR count). The van der Waals surface area contributed by atoms with Crippen LogP contribution in [0.2, 0.25) is 0 Å². The number of carbonyl (C=O) groups is 1. The minimum atomic E-state index is -0.234. The van der Waals surface area contributed by atoms with Gasteiger partial charge in [0, 0.05) is 11.8 Å². The molecule has 0 aliphatic rings. The van der Waals surface area contributed by atoms with E-state index < -0.39 is 0 Å². The molecule has 1 amide bonds. The van der Waals surface area contributed by atoms with Crippen LogP contribution in [0.1, 0.15) is 5.56 Å². The fourth-order valence-electron chi connectivity index (χ4n) is 3.71. The van der Waals surface area contributed by atoms with Crippen molar-refractivity contribution in [3.05, 3.63) is 88.7 Å². The number of methoxy groups -OCH3 is 1. The largest absolute Gasteiger partial charge is 0.497 e. The van der Waals surface area contributed by atoms with E-state index in [0.717, 1.165) is 0 Å². The number of ether oxygens (including phenoxy) is 1. The van der Waals surface area contributed by atoms with Gasteiger partial charge < -0.3 is 10.1 Å². The van der Waals surface area contributed by atoms with Crippen LogP contribution >= 0.6 is 11.8 Å². The summed E-state index contributed by atoms with van der Waals surface area (Å²) in [5.74, 6) is 0.779. The zero-order valence-corrected chi connectivity index (χ0v) is 19.3. The third-order valence-corrected chi connectivity index (χ3v) is 6.27. The molecule has 0 aliphatic carbocycles. The van der Waals surface area contributed by atoms with Crippen molar-refractivity contribution in [1.82, 2.24) is 19.2 Å². The van der Waals surface area contributed by atoms with Gasteiger partial charge in [0.15, 0.2) is 5.16 Å². The topological polar surface area (TPSA) is 114 Å². The average molecular weight is 483 g/mol. The third-order valence-electron chi connectivity index (χ3n) is 5.34. The minimum Gasteiger partial charge on any atom is -0.497 e. The first-order valence-corrected chi connectivity index (χ1v) is 11.5. The van der Waals surface area contributed by atoms with Crippen LogP contribution in [0.5, 0.6) is 5.75 Å². The monoisotopic (exact) mass is 482 g/mol. The van der Waals surface area contributed by atoms with Crippen molar-refractivity contribution in [3.63, 3.8) is 0 Å². The van der Waals surface area contributed by atoms with Crippen molar-refractivity contribution in [3.8, 4) is 17.5 Å². The van der Waals surface area contributed by atoms with Crippen LogP contribution in [-0.4, -0.2) is 37.9 Å². The smallest absolute Gasteiger partial charge is 0.267 e. The molecule has 0 aliphatic heterocycles. The molecule has 0 unspecified atom stereocenters. The predicted octanol–water partition coefficient (Wildman–Crippen LogP) is 3.64. The van der Waals surface area contributed by atoms with Crippen molar-refractivity contribution in [2.75, 3.05) is 18.2 Å². The zero-order chi connectivity index (χ0) is 24.4. The second-order valence-corrected chi connectivity index (χ2v) is 8.45. The summed E-state index contributed by atoms with van der Waals surface area (Å²) in [6, 6.07) is 23.0. The van der Waals surface area contributed by atoms with E-state index in [0.29, 0.717) is 44.5 Å². The van der Waals surface area contributed by atoms with Crippen molar-refractivity contribution in [2.45, 2.75) is 5.16 Å². The van der Waals surface area contributed by atoms with E-state index in [1.165, 1.54) is 16.3 Å². The quantitative estimate of drug-likeness (QED) is 0.368. The lowest BCUT2D eigenvalue weighted by molar-refractivity contribution is -0.113. The number of nitrogens with one attached hydrogen (secondary N) is 1. The highest BCUT2D eigenvalue weighted by atomic mass is 32.2. The molecule has 35 heavy (non-hydrogen) atoms. The number of fused-ring (bicyclic) bond motifs is 3. The number of amides is 1. The first-order chi connectivity index (χ1) is 17.1. The van der Waals surface area contributed by atoms with E-state index in [4.69, 9.17) is 10.00 Å². The van der Waals surface area contributed by atoms with Gasteiger partial charge in [0.25, 0.3) is 5.56 Å². The number of rotatable bonds is 6. The number of anilines is 1. The number of benzene rings is 3. The van der Waals surface area contributed by atoms with Gasteiger partial charge in [-0.25, -0.2) is 4.57 Å². The molecule has 0 atom stereocenters. The summed E-state index contributed by atoms with van der Waals surface area (Å²) in [6.07, 6.45) is 0. The van der Waals surface area contributed by atoms with Crippen LogP contribution in [-0.2, 0) is 4.79 Å². The lowest BCUT2D eigenvalue weighted by atomic mass is 10.2. The molecule has 0 fully saturated rings. The van der Waals surface area contributed by atoms with Gasteiger partial charge in [-0.1, -0.05) is 30.0 Å². The van der Waals surface area contributed by atoms with Crippen LogP contribution in [0.3, 0.4) is 0 Å². The minimum absolute atomic E-state index is 0.0768. The fourth-order valence-corrected chi connectivity index (χ4v) is 4.45.